The second kappa shape index (κ2) is 16.1. The van der Waals surface area contributed by atoms with Gasteiger partial charge in [0.2, 0.25) is 0 Å². The van der Waals surface area contributed by atoms with E-state index >= 15 is 0 Å². The monoisotopic (exact) mass is 310 g/mol. The predicted molar refractivity (Wildman–Crippen MR) is 104 cm³/mol. The van der Waals surface area contributed by atoms with Crippen LogP contribution in [0.25, 0.3) is 0 Å². The molecule has 0 fully saturated rings. The summed E-state index contributed by atoms with van der Waals surface area (Å²) in [5.41, 5.74) is 0. The van der Waals surface area contributed by atoms with Gasteiger partial charge in [-0.15, -0.1) is 0 Å². The van der Waals surface area contributed by atoms with Gasteiger partial charge in [0, 0.05) is 0 Å². The van der Waals surface area contributed by atoms with Crippen LogP contribution in [0.2, 0.25) is 0 Å². The maximum Gasteiger partial charge on any atom is 0.127 e. The van der Waals surface area contributed by atoms with E-state index in [0.29, 0.717) is 0 Å². The highest BCUT2D eigenvalue weighted by Crippen LogP contribution is 2.11. The summed E-state index contributed by atoms with van der Waals surface area (Å²) in [6, 6.07) is 0. The largest absolute Gasteiger partial charge is 0.457 e. The van der Waals surface area contributed by atoms with Crippen LogP contribution in [-0.2, 0) is 4.74 Å². The molecule has 0 aromatic carbocycles. The van der Waals surface area contributed by atoms with Crippen molar-refractivity contribution < 1.29 is 4.74 Å². The first kappa shape index (κ1) is 20.7. The fourth-order valence-corrected chi connectivity index (χ4v) is 1.50. The first-order chi connectivity index (χ1) is 11.3. The molecule has 0 spiro atoms. The number of hydrogen-bond acceptors (Lipinski definition) is 1. The first-order valence-electron chi connectivity index (χ1n) is 8.28. The van der Waals surface area contributed by atoms with Crippen LogP contribution in [0.3, 0.4) is 0 Å². The predicted octanol–water partition coefficient (Wildman–Crippen LogP) is 6.97. The Morgan fingerprint density at radius 3 is 1.43 bits per heavy atom. The van der Waals surface area contributed by atoms with E-state index in [9.17, 15) is 0 Å². The second-order valence-electron chi connectivity index (χ2n) is 4.68. The Bertz CT molecular complexity index is 472. The Morgan fingerprint density at radius 1 is 0.652 bits per heavy atom. The molecule has 0 atom stereocenters. The van der Waals surface area contributed by atoms with Crippen LogP contribution in [0, 0.1) is 0 Å². The standard InChI is InChI=1S/C22H30O/c1-5-9-13-17-21(18-14-10-6-2)23-22(19-15-11-7-3)20-16-12-8-4/h5,7,9-20H,6,8H2,1-4H3. The van der Waals surface area contributed by atoms with Gasteiger partial charge in [-0.05, 0) is 51.0 Å². The summed E-state index contributed by atoms with van der Waals surface area (Å²) in [4.78, 5) is 0. The maximum absolute atomic E-state index is 6.02. The molecule has 0 bridgehead atoms. The van der Waals surface area contributed by atoms with Crippen molar-refractivity contribution in [1.82, 2.24) is 0 Å². The first-order valence-corrected chi connectivity index (χ1v) is 8.28. The summed E-state index contributed by atoms with van der Waals surface area (Å²) >= 11 is 0. The fraction of sp³-hybridized carbons (Fsp3) is 0.273. The van der Waals surface area contributed by atoms with E-state index in [-0.39, 0.29) is 0 Å². The quantitative estimate of drug-likeness (QED) is 0.313. The lowest BCUT2D eigenvalue weighted by molar-refractivity contribution is 0.336. The van der Waals surface area contributed by atoms with Gasteiger partial charge in [0.1, 0.15) is 11.5 Å². The minimum absolute atomic E-state index is 0.800. The number of ether oxygens (including phenoxy) is 1. The summed E-state index contributed by atoms with van der Waals surface area (Å²) in [6.45, 7) is 8.21. The van der Waals surface area contributed by atoms with Crippen molar-refractivity contribution >= 4 is 0 Å². The minimum atomic E-state index is 0.800. The number of allylic oxidation sites excluding steroid dienone is 14. The highest BCUT2D eigenvalue weighted by Gasteiger charge is 1.96. The molecule has 124 valence electrons. The fourth-order valence-electron chi connectivity index (χ4n) is 1.50. The highest BCUT2D eigenvalue weighted by molar-refractivity contribution is 5.28. The van der Waals surface area contributed by atoms with Gasteiger partial charge in [0.05, 0.1) is 0 Å². The Morgan fingerprint density at radius 2 is 1.09 bits per heavy atom. The Hall–Kier alpha value is -2.28. The third kappa shape index (κ3) is 13.1. The van der Waals surface area contributed by atoms with E-state index in [2.05, 4.69) is 26.0 Å². The third-order valence-electron chi connectivity index (χ3n) is 2.63. The third-order valence-corrected chi connectivity index (χ3v) is 2.63. The Labute approximate surface area is 142 Å². The molecule has 0 aromatic heterocycles. The molecule has 1 heteroatoms. The van der Waals surface area contributed by atoms with E-state index in [4.69, 9.17) is 4.74 Å². The zero-order valence-electron chi connectivity index (χ0n) is 14.9. The lowest BCUT2D eigenvalue weighted by Gasteiger charge is -2.06. The van der Waals surface area contributed by atoms with Gasteiger partial charge in [-0.2, -0.15) is 0 Å². The average Bonchev–Trinajstić information content (AvgIpc) is 2.55. The average molecular weight is 310 g/mol. The second-order valence-corrected chi connectivity index (χ2v) is 4.68. The van der Waals surface area contributed by atoms with Crippen molar-refractivity contribution in [2.24, 2.45) is 0 Å². The van der Waals surface area contributed by atoms with Crippen molar-refractivity contribution in [3.63, 3.8) is 0 Å². The summed E-state index contributed by atoms with van der Waals surface area (Å²) in [6.07, 6.45) is 30.0. The molecular weight excluding hydrogens is 280 g/mol. The molecule has 0 N–H and O–H groups in total. The van der Waals surface area contributed by atoms with Crippen LogP contribution in [0.5, 0.6) is 0 Å². The van der Waals surface area contributed by atoms with E-state index in [0.717, 1.165) is 24.4 Å². The molecule has 23 heavy (non-hydrogen) atoms. The normalized spacial score (nSPS) is 14.8. The van der Waals surface area contributed by atoms with Crippen molar-refractivity contribution in [2.45, 2.75) is 40.5 Å². The van der Waals surface area contributed by atoms with Crippen LogP contribution in [0.15, 0.2) is 96.6 Å². The van der Waals surface area contributed by atoms with Crippen molar-refractivity contribution in [2.75, 3.05) is 0 Å². The molecule has 0 heterocycles. The van der Waals surface area contributed by atoms with E-state index < -0.39 is 0 Å². The molecule has 0 aromatic rings. The molecule has 0 aliphatic rings. The minimum Gasteiger partial charge on any atom is -0.457 e. The topological polar surface area (TPSA) is 9.23 Å². The summed E-state index contributed by atoms with van der Waals surface area (Å²) < 4.78 is 6.02. The van der Waals surface area contributed by atoms with E-state index in [1.165, 1.54) is 0 Å². The highest BCUT2D eigenvalue weighted by atomic mass is 16.5. The van der Waals surface area contributed by atoms with Crippen LogP contribution in [0.4, 0.5) is 0 Å². The molecule has 0 unspecified atom stereocenters. The summed E-state index contributed by atoms with van der Waals surface area (Å²) in [5.74, 6) is 1.60. The number of rotatable bonds is 10. The lowest BCUT2D eigenvalue weighted by Crippen LogP contribution is -1.88. The summed E-state index contributed by atoms with van der Waals surface area (Å²) in [5, 5.41) is 0. The van der Waals surface area contributed by atoms with E-state index in [1.807, 2.05) is 86.8 Å². The molecular formula is C22H30O. The molecule has 0 radical (unpaired) electrons. The van der Waals surface area contributed by atoms with Crippen molar-refractivity contribution in [3.8, 4) is 0 Å². The summed E-state index contributed by atoms with van der Waals surface area (Å²) in [7, 11) is 0. The zero-order chi connectivity index (χ0) is 17.2. The maximum atomic E-state index is 6.02. The number of hydrogen-bond donors (Lipinski definition) is 0. The molecule has 0 aliphatic carbocycles. The van der Waals surface area contributed by atoms with E-state index in [1.54, 1.807) is 0 Å². The Kier molecular flexibility index (Phi) is 14.5. The molecule has 0 amide bonds. The zero-order valence-corrected chi connectivity index (χ0v) is 14.9. The van der Waals surface area contributed by atoms with Crippen LogP contribution in [0.1, 0.15) is 40.5 Å². The van der Waals surface area contributed by atoms with Gasteiger partial charge in [0.15, 0.2) is 0 Å². The molecule has 1 nitrogen and oxygen atoms in total. The van der Waals surface area contributed by atoms with Crippen LogP contribution < -0.4 is 0 Å². The van der Waals surface area contributed by atoms with Gasteiger partial charge in [-0.1, -0.05) is 74.6 Å². The van der Waals surface area contributed by atoms with Gasteiger partial charge in [0.25, 0.3) is 0 Å². The van der Waals surface area contributed by atoms with Gasteiger partial charge >= 0.3 is 0 Å². The van der Waals surface area contributed by atoms with Crippen molar-refractivity contribution in [1.29, 1.82) is 0 Å². The molecule has 0 saturated heterocycles. The van der Waals surface area contributed by atoms with Crippen molar-refractivity contribution in [3.05, 3.63) is 96.6 Å². The SMILES string of the molecule is CC=CC=CC(=CC=CCC)OC(C=CC=CC)=CC=CCC. The Balaban J connectivity index is 5.29. The van der Waals surface area contributed by atoms with Gasteiger partial charge < -0.3 is 4.74 Å². The smallest absolute Gasteiger partial charge is 0.127 e. The molecule has 0 saturated carbocycles. The lowest BCUT2D eigenvalue weighted by atomic mass is 10.3. The molecule has 0 aliphatic heterocycles. The molecule has 0 rings (SSSR count). The van der Waals surface area contributed by atoms with Crippen LogP contribution >= 0.6 is 0 Å². The van der Waals surface area contributed by atoms with Gasteiger partial charge in [-0.3, -0.25) is 0 Å². The van der Waals surface area contributed by atoms with Gasteiger partial charge in [-0.25, -0.2) is 0 Å². The van der Waals surface area contributed by atoms with Crippen LogP contribution in [-0.4, -0.2) is 0 Å².